The minimum atomic E-state index is -0.998. The molecule has 0 fully saturated rings. The van der Waals surface area contributed by atoms with Gasteiger partial charge < -0.3 is 19.9 Å². The number of carboxylic acid groups (broad SMARTS) is 1. The lowest BCUT2D eigenvalue weighted by molar-refractivity contribution is -0.144. The maximum Gasteiger partial charge on any atom is 0.344 e. The van der Waals surface area contributed by atoms with Crippen LogP contribution >= 0.6 is 0 Å². The highest BCUT2D eigenvalue weighted by Gasteiger charge is 2.17. The van der Waals surface area contributed by atoms with Gasteiger partial charge in [-0.1, -0.05) is 12.1 Å². The van der Waals surface area contributed by atoms with Crippen LogP contribution in [0.5, 0.6) is 11.5 Å². The molecule has 2 N–H and O–H groups in total. The van der Waals surface area contributed by atoms with E-state index in [-0.39, 0.29) is 0 Å². The normalized spacial score (nSPS) is 16.0. The molecule has 5 heteroatoms. The first kappa shape index (κ1) is 15.4. The summed E-state index contributed by atoms with van der Waals surface area (Å²) in [4.78, 5) is 10.9. The van der Waals surface area contributed by atoms with Crippen molar-refractivity contribution < 1.29 is 19.4 Å². The smallest absolute Gasteiger partial charge is 0.344 e. The number of benzene rings is 1. The van der Waals surface area contributed by atoms with Crippen molar-refractivity contribution in [3.63, 3.8) is 0 Å². The summed E-state index contributed by atoms with van der Waals surface area (Å²) in [5, 5.41) is 12.2. The van der Waals surface area contributed by atoms with E-state index in [1.54, 1.807) is 6.07 Å². The molecule has 1 aromatic carbocycles. The Morgan fingerprint density at radius 1 is 1.43 bits per heavy atom. The summed E-state index contributed by atoms with van der Waals surface area (Å²) in [5.41, 5.74) is 2.36. The predicted molar refractivity (Wildman–Crippen MR) is 80.8 cm³/mol. The van der Waals surface area contributed by atoms with Crippen LogP contribution in [0.25, 0.3) is 5.57 Å². The lowest BCUT2D eigenvalue weighted by atomic mass is 10.00. The van der Waals surface area contributed by atoms with Gasteiger partial charge in [0.1, 0.15) is 0 Å². The molecule has 0 saturated carbocycles. The first-order valence-corrected chi connectivity index (χ1v) is 7.18. The third-order valence-electron chi connectivity index (χ3n) is 3.33. The molecule has 0 bridgehead atoms. The fourth-order valence-corrected chi connectivity index (χ4v) is 2.20. The van der Waals surface area contributed by atoms with Gasteiger partial charge in [0.05, 0.1) is 6.61 Å². The molecule has 0 amide bonds. The van der Waals surface area contributed by atoms with Crippen LogP contribution in [0.1, 0.15) is 25.8 Å². The third kappa shape index (κ3) is 3.98. The highest BCUT2D eigenvalue weighted by atomic mass is 16.5. The Labute approximate surface area is 124 Å². The van der Waals surface area contributed by atoms with Crippen LogP contribution in [-0.4, -0.2) is 36.9 Å². The van der Waals surface area contributed by atoms with Gasteiger partial charge in [-0.25, -0.2) is 4.79 Å². The van der Waals surface area contributed by atoms with Crippen molar-refractivity contribution in [1.82, 2.24) is 5.32 Å². The second-order valence-corrected chi connectivity index (χ2v) is 4.88. The zero-order chi connectivity index (χ0) is 15.2. The van der Waals surface area contributed by atoms with E-state index >= 15 is 0 Å². The summed E-state index contributed by atoms with van der Waals surface area (Å²) >= 11 is 0. The van der Waals surface area contributed by atoms with Crippen LogP contribution in [0.15, 0.2) is 24.3 Å². The fraction of sp³-hybridized carbons (Fsp3) is 0.438. The average molecular weight is 291 g/mol. The quantitative estimate of drug-likeness (QED) is 0.842. The van der Waals surface area contributed by atoms with Crippen molar-refractivity contribution in [1.29, 1.82) is 0 Å². The van der Waals surface area contributed by atoms with E-state index in [0.717, 1.165) is 25.1 Å². The van der Waals surface area contributed by atoms with Crippen LogP contribution < -0.4 is 14.8 Å². The summed E-state index contributed by atoms with van der Waals surface area (Å²) in [6, 6.07) is 5.65. The third-order valence-corrected chi connectivity index (χ3v) is 3.33. The van der Waals surface area contributed by atoms with E-state index in [9.17, 15) is 4.79 Å². The zero-order valence-electron chi connectivity index (χ0n) is 12.4. The molecule has 1 atom stereocenters. The Balaban J connectivity index is 2.25. The Morgan fingerprint density at radius 3 is 2.86 bits per heavy atom. The van der Waals surface area contributed by atoms with Crippen LogP contribution in [0, 0.1) is 0 Å². The number of hydrogen-bond donors (Lipinski definition) is 2. The molecule has 1 aromatic rings. The molecule has 1 heterocycles. The topological polar surface area (TPSA) is 67.8 Å². The molecule has 2 rings (SSSR count). The van der Waals surface area contributed by atoms with Crippen LogP contribution in [0.3, 0.4) is 0 Å². The molecular formula is C16H21NO4. The van der Waals surface area contributed by atoms with Gasteiger partial charge >= 0.3 is 5.97 Å². The van der Waals surface area contributed by atoms with Gasteiger partial charge in [-0.2, -0.15) is 0 Å². The van der Waals surface area contributed by atoms with Gasteiger partial charge in [0.2, 0.25) is 0 Å². The van der Waals surface area contributed by atoms with E-state index in [2.05, 4.69) is 11.4 Å². The van der Waals surface area contributed by atoms with Crippen molar-refractivity contribution in [2.75, 3.05) is 19.7 Å². The number of nitrogens with one attached hydrogen (secondary N) is 1. The van der Waals surface area contributed by atoms with Gasteiger partial charge in [0, 0.05) is 6.54 Å². The Hall–Kier alpha value is -2.01. The van der Waals surface area contributed by atoms with Crippen molar-refractivity contribution >= 4 is 11.5 Å². The summed E-state index contributed by atoms with van der Waals surface area (Å²) in [5.74, 6) is 0.0511. The van der Waals surface area contributed by atoms with Gasteiger partial charge in [-0.15, -0.1) is 0 Å². The monoisotopic (exact) mass is 291 g/mol. The Morgan fingerprint density at radius 2 is 2.24 bits per heavy atom. The molecule has 114 valence electrons. The van der Waals surface area contributed by atoms with E-state index in [1.165, 1.54) is 12.5 Å². The Bertz CT molecular complexity index is 539. The lowest BCUT2D eigenvalue weighted by Gasteiger charge is -2.18. The molecule has 0 aromatic heterocycles. The first-order valence-electron chi connectivity index (χ1n) is 7.18. The Kier molecular flexibility index (Phi) is 5.22. The second kappa shape index (κ2) is 7.13. The van der Waals surface area contributed by atoms with Crippen molar-refractivity contribution in [3.05, 3.63) is 29.8 Å². The lowest BCUT2D eigenvalue weighted by Crippen LogP contribution is -2.23. The van der Waals surface area contributed by atoms with Gasteiger partial charge in [0.15, 0.2) is 17.6 Å². The predicted octanol–water partition coefficient (Wildman–Crippen LogP) is 2.31. The SMILES string of the molecule is CCOc1cc(C2=CCNCC2)ccc1OC(C)C(=O)O. The molecule has 21 heavy (non-hydrogen) atoms. The first-order chi connectivity index (χ1) is 10.1. The van der Waals surface area contributed by atoms with Gasteiger partial charge in [-0.05, 0) is 50.1 Å². The van der Waals surface area contributed by atoms with Crippen LogP contribution in [-0.2, 0) is 4.79 Å². The van der Waals surface area contributed by atoms with Crippen LogP contribution in [0.2, 0.25) is 0 Å². The van der Waals surface area contributed by atoms with E-state index in [1.807, 2.05) is 19.1 Å². The highest BCUT2D eigenvalue weighted by molar-refractivity contribution is 5.73. The standard InChI is InChI=1S/C16H21NO4/c1-3-20-15-10-13(12-6-8-17-9-7-12)4-5-14(15)21-11(2)16(18)19/h4-6,10-11,17H,3,7-9H2,1-2H3,(H,18,19). The van der Waals surface area contributed by atoms with Gasteiger partial charge in [0.25, 0.3) is 0 Å². The number of aliphatic carboxylic acids is 1. The molecule has 1 aliphatic heterocycles. The minimum Gasteiger partial charge on any atom is -0.490 e. The zero-order valence-corrected chi connectivity index (χ0v) is 12.4. The van der Waals surface area contributed by atoms with Crippen LogP contribution in [0.4, 0.5) is 0 Å². The second-order valence-electron chi connectivity index (χ2n) is 4.88. The number of carboxylic acids is 1. The van der Waals surface area contributed by atoms with Crippen molar-refractivity contribution in [2.45, 2.75) is 26.4 Å². The largest absolute Gasteiger partial charge is 0.490 e. The molecule has 0 spiro atoms. The molecule has 0 aliphatic carbocycles. The number of carbonyl (C=O) groups is 1. The summed E-state index contributed by atoms with van der Waals surface area (Å²) < 4.78 is 11.0. The maximum atomic E-state index is 10.9. The fourth-order valence-electron chi connectivity index (χ4n) is 2.20. The molecule has 0 radical (unpaired) electrons. The van der Waals surface area contributed by atoms with Crippen molar-refractivity contribution in [3.8, 4) is 11.5 Å². The number of ether oxygens (including phenoxy) is 2. The molecular weight excluding hydrogens is 270 g/mol. The van der Waals surface area contributed by atoms with Gasteiger partial charge in [-0.3, -0.25) is 0 Å². The molecule has 0 saturated heterocycles. The molecule has 5 nitrogen and oxygen atoms in total. The number of rotatable bonds is 6. The van der Waals surface area contributed by atoms with E-state index in [4.69, 9.17) is 14.6 Å². The molecule has 1 aliphatic rings. The number of hydrogen-bond acceptors (Lipinski definition) is 4. The van der Waals surface area contributed by atoms with Crippen molar-refractivity contribution in [2.24, 2.45) is 0 Å². The average Bonchev–Trinajstić information content (AvgIpc) is 2.50. The highest BCUT2D eigenvalue weighted by Crippen LogP contribution is 2.33. The summed E-state index contributed by atoms with van der Waals surface area (Å²) in [6.45, 7) is 5.72. The minimum absolute atomic E-state index is 0.463. The van der Waals surface area contributed by atoms with E-state index in [0.29, 0.717) is 18.1 Å². The summed E-state index contributed by atoms with van der Waals surface area (Å²) in [7, 11) is 0. The van der Waals surface area contributed by atoms with E-state index < -0.39 is 12.1 Å². The maximum absolute atomic E-state index is 10.9. The molecule has 1 unspecified atom stereocenters. The summed E-state index contributed by atoms with van der Waals surface area (Å²) in [6.07, 6.45) is 2.22.